The lowest BCUT2D eigenvalue weighted by molar-refractivity contribution is 0.0987. The minimum Gasteiger partial charge on any atom is -0.309 e. The molecule has 0 fully saturated rings. The summed E-state index contributed by atoms with van der Waals surface area (Å²) in [6, 6.07) is 6.45. The molecule has 2 rings (SSSR count). The molecule has 21 heavy (non-hydrogen) atoms. The second-order valence-corrected chi connectivity index (χ2v) is 4.28. The molecular formula is C15H11F4NO. The van der Waals surface area contributed by atoms with E-state index in [-0.39, 0.29) is 17.8 Å². The van der Waals surface area contributed by atoms with Crippen LogP contribution in [0.4, 0.5) is 23.2 Å². The van der Waals surface area contributed by atoms with Gasteiger partial charge in [-0.25, -0.2) is 17.6 Å². The molecule has 0 N–H and O–H groups in total. The summed E-state index contributed by atoms with van der Waals surface area (Å²) >= 11 is 0. The van der Waals surface area contributed by atoms with Crippen LogP contribution in [-0.2, 0) is 0 Å². The number of amides is 1. The third kappa shape index (κ3) is 3.04. The molecule has 0 aliphatic rings. The molecule has 110 valence electrons. The lowest BCUT2D eigenvalue weighted by Crippen LogP contribution is -2.31. The minimum atomic E-state index is -1.64. The van der Waals surface area contributed by atoms with Crippen molar-refractivity contribution in [1.29, 1.82) is 0 Å². The Bertz CT molecular complexity index is 664. The normalized spacial score (nSPS) is 10.5. The fourth-order valence-corrected chi connectivity index (χ4v) is 1.92. The van der Waals surface area contributed by atoms with Gasteiger partial charge in [-0.15, -0.1) is 0 Å². The molecule has 2 nitrogen and oxygen atoms in total. The number of hydrogen-bond donors (Lipinski definition) is 0. The third-order valence-electron chi connectivity index (χ3n) is 2.91. The zero-order valence-corrected chi connectivity index (χ0v) is 11.0. The predicted octanol–water partition coefficient (Wildman–Crippen LogP) is 3.91. The molecule has 2 aromatic carbocycles. The molecule has 6 heteroatoms. The van der Waals surface area contributed by atoms with Crippen molar-refractivity contribution in [1.82, 2.24) is 0 Å². The van der Waals surface area contributed by atoms with Crippen LogP contribution in [0.2, 0.25) is 0 Å². The number of anilines is 1. The van der Waals surface area contributed by atoms with Crippen molar-refractivity contribution in [3.8, 4) is 0 Å². The van der Waals surface area contributed by atoms with E-state index >= 15 is 0 Å². The van der Waals surface area contributed by atoms with Crippen molar-refractivity contribution in [3.05, 3.63) is 65.2 Å². The second-order valence-electron chi connectivity index (χ2n) is 4.28. The van der Waals surface area contributed by atoms with E-state index < -0.39 is 29.2 Å². The van der Waals surface area contributed by atoms with Crippen LogP contribution in [0, 0.1) is 23.3 Å². The van der Waals surface area contributed by atoms with Crippen LogP contribution in [0.25, 0.3) is 0 Å². The van der Waals surface area contributed by atoms with Gasteiger partial charge in [0, 0.05) is 17.8 Å². The van der Waals surface area contributed by atoms with Crippen molar-refractivity contribution in [3.63, 3.8) is 0 Å². The molecule has 0 saturated heterocycles. The molecule has 0 saturated carbocycles. The lowest BCUT2D eigenvalue weighted by Gasteiger charge is -2.21. The molecule has 2 aromatic rings. The highest BCUT2D eigenvalue weighted by Crippen LogP contribution is 2.20. The average molecular weight is 297 g/mol. The summed E-state index contributed by atoms with van der Waals surface area (Å²) in [5.74, 6) is -5.83. The maximum absolute atomic E-state index is 13.2. The fraction of sp³-hybridized carbons (Fsp3) is 0.133. The van der Waals surface area contributed by atoms with Gasteiger partial charge in [0.2, 0.25) is 0 Å². The van der Waals surface area contributed by atoms with Crippen LogP contribution < -0.4 is 4.90 Å². The summed E-state index contributed by atoms with van der Waals surface area (Å²) in [6.45, 7) is 1.78. The minimum absolute atomic E-state index is 0.156. The molecule has 0 spiro atoms. The SMILES string of the molecule is CCN(C(=O)c1cc(F)c(F)c(F)c1)c1cccc(F)c1. The number of carbonyl (C=O) groups is 1. The highest BCUT2D eigenvalue weighted by Gasteiger charge is 2.20. The third-order valence-corrected chi connectivity index (χ3v) is 2.91. The van der Waals surface area contributed by atoms with Gasteiger partial charge in [0.25, 0.3) is 5.91 Å². The summed E-state index contributed by atoms with van der Waals surface area (Å²) in [7, 11) is 0. The number of rotatable bonds is 3. The van der Waals surface area contributed by atoms with Gasteiger partial charge in [-0.3, -0.25) is 4.79 Å². The monoisotopic (exact) mass is 297 g/mol. The fourth-order valence-electron chi connectivity index (χ4n) is 1.92. The Balaban J connectivity index is 2.41. The summed E-state index contributed by atoms with van der Waals surface area (Å²) in [6.07, 6.45) is 0. The Labute approximate surface area is 118 Å². The molecule has 0 atom stereocenters. The largest absolute Gasteiger partial charge is 0.309 e. The second kappa shape index (κ2) is 5.95. The number of carbonyl (C=O) groups excluding carboxylic acids is 1. The van der Waals surface area contributed by atoms with Crippen molar-refractivity contribution in [2.24, 2.45) is 0 Å². The molecule has 0 aliphatic carbocycles. The van der Waals surface area contributed by atoms with E-state index in [0.29, 0.717) is 12.1 Å². The summed E-state index contributed by atoms with van der Waals surface area (Å²) in [5.41, 5.74) is -0.106. The van der Waals surface area contributed by atoms with Gasteiger partial charge in [-0.1, -0.05) is 6.07 Å². The topological polar surface area (TPSA) is 20.3 Å². The van der Waals surface area contributed by atoms with Gasteiger partial charge in [0.15, 0.2) is 17.5 Å². The van der Waals surface area contributed by atoms with Gasteiger partial charge in [-0.2, -0.15) is 0 Å². The number of halogens is 4. The molecule has 0 unspecified atom stereocenters. The molecule has 1 amide bonds. The number of nitrogens with zero attached hydrogens (tertiary/aromatic N) is 1. The van der Waals surface area contributed by atoms with Crippen molar-refractivity contribution < 1.29 is 22.4 Å². The van der Waals surface area contributed by atoms with Gasteiger partial charge in [0.05, 0.1) is 0 Å². The highest BCUT2D eigenvalue weighted by atomic mass is 19.2. The molecule has 0 heterocycles. The zero-order valence-electron chi connectivity index (χ0n) is 11.0. The van der Waals surface area contributed by atoms with E-state index in [4.69, 9.17) is 0 Å². The first-order valence-electron chi connectivity index (χ1n) is 6.16. The molecular weight excluding hydrogens is 286 g/mol. The first-order valence-corrected chi connectivity index (χ1v) is 6.16. The summed E-state index contributed by atoms with van der Waals surface area (Å²) in [4.78, 5) is 13.4. The van der Waals surface area contributed by atoms with Crippen molar-refractivity contribution in [2.75, 3.05) is 11.4 Å². The van der Waals surface area contributed by atoms with E-state index in [2.05, 4.69) is 0 Å². The van der Waals surface area contributed by atoms with Gasteiger partial charge in [-0.05, 0) is 37.3 Å². The Hall–Kier alpha value is -2.37. The Morgan fingerprint density at radius 3 is 2.19 bits per heavy atom. The van der Waals surface area contributed by atoms with Gasteiger partial charge < -0.3 is 4.90 Å². The standard InChI is InChI=1S/C15H11F4NO/c1-2-20(11-5-3-4-10(16)8-11)15(21)9-6-12(17)14(19)13(18)7-9/h3-8H,2H2,1H3. The number of hydrogen-bond acceptors (Lipinski definition) is 1. The zero-order chi connectivity index (χ0) is 15.6. The van der Waals surface area contributed by atoms with E-state index in [1.807, 2.05) is 0 Å². The molecule has 0 aromatic heterocycles. The first kappa shape index (κ1) is 15.0. The van der Waals surface area contributed by atoms with Crippen LogP contribution in [0.3, 0.4) is 0 Å². The van der Waals surface area contributed by atoms with E-state index in [0.717, 1.165) is 11.0 Å². The van der Waals surface area contributed by atoms with Crippen LogP contribution >= 0.6 is 0 Å². The summed E-state index contributed by atoms with van der Waals surface area (Å²) in [5, 5.41) is 0. The number of benzene rings is 2. The Morgan fingerprint density at radius 2 is 1.67 bits per heavy atom. The van der Waals surface area contributed by atoms with E-state index in [1.165, 1.54) is 18.2 Å². The van der Waals surface area contributed by atoms with E-state index in [9.17, 15) is 22.4 Å². The van der Waals surface area contributed by atoms with Crippen molar-refractivity contribution >= 4 is 11.6 Å². The lowest BCUT2D eigenvalue weighted by atomic mass is 10.1. The van der Waals surface area contributed by atoms with Crippen molar-refractivity contribution in [2.45, 2.75) is 6.92 Å². The van der Waals surface area contributed by atoms with Crippen LogP contribution in [0.1, 0.15) is 17.3 Å². The van der Waals surface area contributed by atoms with Gasteiger partial charge in [0.1, 0.15) is 5.82 Å². The van der Waals surface area contributed by atoms with Crippen LogP contribution in [0.5, 0.6) is 0 Å². The quantitative estimate of drug-likeness (QED) is 0.621. The molecule has 0 radical (unpaired) electrons. The Morgan fingerprint density at radius 1 is 1.05 bits per heavy atom. The molecule has 0 bridgehead atoms. The van der Waals surface area contributed by atoms with Crippen LogP contribution in [-0.4, -0.2) is 12.5 Å². The first-order chi connectivity index (χ1) is 9.93. The maximum atomic E-state index is 13.2. The van der Waals surface area contributed by atoms with E-state index in [1.54, 1.807) is 6.92 Å². The smallest absolute Gasteiger partial charge is 0.258 e. The molecule has 0 aliphatic heterocycles. The highest BCUT2D eigenvalue weighted by molar-refractivity contribution is 6.06. The average Bonchev–Trinajstić information content (AvgIpc) is 2.45. The van der Waals surface area contributed by atoms with Crippen LogP contribution in [0.15, 0.2) is 36.4 Å². The summed E-state index contributed by atoms with van der Waals surface area (Å²) < 4.78 is 52.5. The van der Waals surface area contributed by atoms with Gasteiger partial charge >= 0.3 is 0 Å². The Kier molecular flexibility index (Phi) is 4.26. The maximum Gasteiger partial charge on any atom is 0.258 e. The predicted molar refractivity (Wildman–Crippen MR) is 70.1 cm³/mol.